The van der Waals surface area contributed by atoms with Gasteiger partial charge in [0.15, 0.2) is 0 Å². The molecule has 0 aromatic heterocycles. The second-order valence-corrected chi connectivity index (χ2v) is 6.83. The lowest BCUT2D eigenvalue weighted by Crippen LogP contribution is -2.45. The lowest BCUT2D eigenvalue weighted by atomic mass is 10.1. The molecule has 0 spiro atoms. The van der Waals surface area contributed by atoms with E-state index in [0.29, 0.717) is 11.3 Å². The lowest BCUT2D eigenvalue weighted by Gasteiger charge is -2.25. The zero-order valence-electron chi connectivity index (χ0n) is 15.2. The molecule has 1 aromatic carbocycles. The number of alkyl carbamates (subject to hydrolysis) is 1. The Morgan fingerprint density at radius 3 is 2.42 bits per heavy atom. The van der Waals surface area contributed by atoms with Crippen molar-refractivity contribution in [2.45, 2.75) is 46.3 Å². The zero-order chi connectivity index (χ0) is 18.3. The van der Waals surface area contributed by atoms with Gasteiger partial charge in [-0.15, -0.1) is 0 Å². The number of ether oxygens (including phenoxy) is 3. The molecule has 0 aliphatic rings. The summed E-state index contributed by atoms with van der Waals surface area (Å²) in [7, 11) is 1.33. The summed E-state index contributed by atoms with van der Waals surface area (Å²) in [5, 5.41) is 2.81. The minimum Gasteiger partial charge on any atom is -0.491 e. The largest absolute Gasteiger partial charge is 0.491 e. The van der Waals surface area contributed by atoms with Crippen LogP contribution in [0.3, 0.4) is 0 Å². The molecule has 1 N–H and O–H groups in total. The van der Waals surface area contributed by atoms with Crippen LogP contribution in [0.25, 0.3) is 0 Å². The van der Waals surface area contributed by atoms with Crippen molar-refractivity contribution >= 4 is 12.1 Å². The Morgan fingerprint density at radius 2 is 1.88 bits per heavy atom. The van der Waals surface area contributed by atoms with Gasteiger partial charge in [0.1, 0.15) is 18.0 Å². The number of esters is 1. The Kier molecular flexibility index (Phi) is 7.07. The number of hydrogen-bond donors (Lipinski definition) is 1. The van der Waals surface area contributed by atoms with Gasteiger partial charge in [-0.25, -0.2) is 9.59 Å². The fourth-order valence-electron chi connectivity index (χ4n) is 1.88. The second-order valence-electron chi connectivity index (χ2n) is 6.83. The maximum absolute atomic E-state index is 11.9. The summed E-state index contributed by atoms with van der Waals surface area (Å²) in [5.41, 5.74) is -0.141. The highest BCUT2D eigenvalue weighted by molar-refractivity contribution is 5.89. The summed E-state index contributed by atoms with van der Waals surface area (Å²) >= 11 is 0. The first-order valence-corrected chi connectivity index (χ1v) is 7.93. The summed E-state index contributed by atoms with van der Waals surface area (Å²) in [6, 6.07) is 6.50. The molecule has 1 atom stereocenters. The van der Waals surface area contributed by atoms with Crippen LogP contribution < -0.4 is 10.1 Å². The minimum absolute atomic E-state index is 0.154. The first-order valence-electron chi connectivity index (χ1n) is 7.93. The van der Waals surface area contributed by atoms with Crippen molar-refractivity contribution in [3.63, 3.8) is 0 Å². The van der Waals surface area contributed by atoms with Crippen LogP contribution in [0.2, 0.25) is 0 Å². The Bertz CT molecular complexity index is 563. The third kappa shape index (κ3) is 6.89. The molecule has 1 aromatic rings. The molecule has 0 saturated heterocycles. The Morgan fingerprint density at radius 1 is 1.21 bits per heavy atom. The molecule has 0 heterocycles. The Labute approximate surface area is 143 Å². The van der Waals surface area contributed by atoms with Gasteiger partial charge in [0, 0.05) is 0 Å². The molecule has 134 valence electrons. The Hall–Kier alpha value is -2.24. The summed E-state index contributed by atoms with van der Waals surface area (Å²) in [6.45, 7) is 9.66. The van der Waals surface area contributed by atoms with Gasteiger partial charge in [-0.1, -0.05) is 19.9 Å². The SMILES string of the molecule is COC(=O)c1cccc(OC[C@@H](NC(=O)OC(C)(C)C)C(C)C)c1. The molecule has 24 heavy (non-hydrogen) atoms. The molecular formula is C18H27NO5. The average molecular weight is 337 g/mol. The van der Waals surface area contributed by atoms with Crippen LogP contribution in [0, 0.1) is 5.92 Å². The average Bonchev–Trinajstić information content (AvgIpc) is 2.48. The van der Waals surface area contributed by atoms with Gasteiger partial charge in [0.05, 0.1) is 18.7 Å². The topological polar surface area (TPSA) is 73.9 Å². The van der Waals surface area contributed by atoms with Crippen LogP contribution in [0.15, 0.2) is 24.3 Å². The van der Waals surface area contributed by atoms with Gasteiger partial charge >= 0.3 is 12.1 Å². The van der Waals surface area contributed by atoms with Crippen molar-refractivity contribution in [3.8, 4) is 5.75 Å². The number of carbonyl (C=O) groups excluding carboxylic acids is 2. The van der Waals surface area contributed by atoms with Gasteiger partial charge in [-0.3, -0.25) is 0 Å². The van der Waals surface area contributed by atoms with E-state index >= 15 is 0 Å². The van der Waals surface area contributed by atoms with Gasteiger partial charge in [0.2, 0.25) is 0 Å². The molecule has 0 aliphatic carbocycles. The molecule has 6 heteroatoms. The highest BCUT2D eigenvalue weighted by Crippen LogP contribution is 2.16. The smallest absolute Gasteiger partial charge is 0.407 e. The number of carbonyl (C=O) groups is 2. The molecule has 0 saturated carbocycles. The van der Waals surface area contributed by atoms with Gasteiger partial charge in [-0.2, -0.15) is 0 Å². The van der Waals surface area contributed by atoms with E-state index in [1.165, 1.54) is 7.11 Å². The van der Waals surface area contributed by atoms with Crippen LogP contribution in [0.4, 0.5) is 4.79 Å². The number of methoxy groups -OCH3 is 1. The summed E-state index contributed by atoms with van der Waals surface area (Å²) in [6.07, 6.45) is -0.479. The number of benzene rings is 1. The van der Waals surface area contributed by atoms with E-state index in [9.17, 15) is 9.59 Å². The molecule has 0 fully saturated rings. The van der Waals surface area contributed by atoms with Crippen molar-refractivity contribution in [1.29, 1.82) is 0 Å². The summed E-state index contributed by atoms with van der Waals surface area (Å²) in [5.74, 6) is 0.267. The maximum atomic E-state index is 11.9. The standard InChI is InChI=1S/C18H27NO5/c1-12(2)15(19-17(21)24-18(3,4)5)11-23-14-9-7-8-13(10-14)16(20)22-6/h7-10,12,15H,11H2,1-6H3,(H,19,21)/t15-/m1/s1. The molecule has 0 bridgehead atoms. The van der Waals surface area contributed by atoms with Crippen LogP contribution in [0.5, 0.6) is 5.75 Å². The van der Waals surface area contributed by atoms with Crippen molar-refractivity contribution in [3.05, 3.63) is 29.8 Å². The monoisotopic (exact) mass is 337 g/mol. The van der Waals surface area contributed by atoms with Crippen molar-refractivity contribution < 1.29 is 23.8 Å². The van der Waals surface area contributed by atoms with Crippen molar-refractivity contribution in [2.75, 3.05) is 13.7 Å². The first-order chi connectivity index (χ1) is 11.1. The number of nitrogens with one attached hydrogen (secondary N) is 1. The lowest BCUT2D eigenvalue weighted by molar-refractivity contribution is 0.0468. The quantitative estimate of drug-likeness (QED) is 0.805. The van der Waals surface area contributed by atoms with E-state index in [1.54, 1.807) is 24.3 Å². The summed E-state index contributed by atoms with van der Waals surface area (Å²) < 4.78 is 15.7. The Balaban J connectivity index is 2.67. The predicted octanol–water partition coefficient (Wildman–Crippen LogP) is 3.40. The van der Waals surface area contributed by atoms with E-state index < -0.39 is 17.7 Å². The molecule has 1 rings (SSSR count). The van der Waals surface area contributed by atoms with Crippen LogP contribution in [-0.4, -0.2) is 37.4 Å². The number of hydrogen-bond acceptors (Lipinski definition) is 5. The maximum Gasteiger partial charge on any atom is 0.407 e. The van der Waals surface area contributed by atoms with Crippen molar-refractivity contribution in [1.82, 2.24) is 5.32 Å². The third-order valence-electron chi connectivity index (χ3n) is 3.19. The second kappa shape index (κ2) is 8.57. The number of amides is 1. The van der Waals surface area contributed by atoms with Gasteiger partial charge < -0.3 is 19.5 Å². The molecule has 0 radical (unpaired) electrons. The molecule has 1 amide bonds. The molecule has 0 aliphatic heterocycles. The van der Waals surface area contributed by atoms with Crippen LogP contribution in [0.1, 0.15) is 45.0 Å². The summed E-state index contributed by atoms with van der Waals surface area (Å²) in [4.78, 5) is 23.5. The highest BCUT2D eigenvalue weighted by atomic mass is 16.6. The predicted molar refractivity (Wildman–Crippen MR) is 91.3 cm³/mol. The third-order valence-corrected chi connectivity index (χ3v) is 3.19. The highest BCUT2D eigenvalue weighted by Gasteiger charge is 2.22. The normalized spacial score (nSPS) is 12.5. The van der Waals surface area contributed by atoms with Gasteiger partial charge in [0.25, 0.3) is 0 Å². The molecule has 0 unspecified atom stereocenters. The minimum atomic E-state index is -0.554. The van der Waals surface area contributed by atoms with Crippen molar-refractivity contribution in [2.24, 2.45) is 5.92 Å². The number of rotatable bonds is 6. The first kappa shape index (κ1) is 19.8. The van der Waals surface area contributed by atoms with Gasteiger partial charge in [-0.05, 0) is 44.9 Å². The van der Waals surface area contributed by atoms with Crippen LogP contribution in [-0.2, 0) is 9.47 Å². The van der Waals surface area contributed by atoms with E-state index in [-0.39, 0.29) is 18.6 Å². The van der Waals surface area contributed by atoms with E-state index in [0.717, 1.165) is 0 Å². The molecular weight excluding hydrogens is 310 g/mol. The fourth-order valence-corrected chi connectivity index (χ4v) is 1.88. The van der Waals surface area contributed by atoms with E-state index in [4.69, 9.17) is 9.47 Å². The molecule has 6 nitrogen and oxygen atoms in total. The zero-order valence-corrected chi connectivity index (χ0v) is 15.2. The van der Waals surface area contributed by atoms with E-state index in [2.05, 4.69) is 10.1 Å². The van der Waals surface area contributed by atoms with E-state index in [1.807, 2.05) is 34.6 Å². The van der Waals surface area contributed by atoms with Crippen LogP contribution >= 0.6 is 0 Å². The fraction of sp³-hybridized carbons (Fsp3) is 0.556.